The van der Waals surface area contributed by atoms with Gasteiger partial charge in [0.25, 0.3) is 0 Å². The van der Waals surface area contributed by atoms with Crippen molar-refractivity contribution in [2.45, 2.75) is 158 Å². The number of halogens is 2. The second-order valence-corrected chi connectivity index (χ2v) is 22.6. The minimum absolute atomic E-state index is 0. The number of fused-ring (bicyclic) bond motifs is 12. The minimum Gasteiger partial charge on any atom is -1.00 e. The van der Waals surface area contributed by atoms with E-state index in [0.29, 0.717) is 64.6 Å². The number of hydrogen-bond donors (Lipinski definition) is 12. The number of phenolic OH excluding ortho intramolecular Hbond substituents is 12. The molecule has 0 atom stereocenters. The smallest absolute Gasteiger partial charge is 0.158 e. The highest BCUT2D eigenvalue weighted by Crippen LogP contribution is 2.47. The lowest BCUT2D eigenvalue weighted by atomic mass is 9.93. The lowest BCUT2D eigenvalue weighted by molar-refractivity contribution is -0.929. The zero-order valence-corrected chi connectivity index (χ0v) is 52.4. The fourth-order valence-corrected chi connectivity index (χ4v) is 11.4. The number of nitrogens with zero attached hydrogens (tertiary/aromatic N) is 2. The summed E-state index contributed by atoms with van der Waals surface area (Å²) in [6.07, 6.45) is 22.1. The summed E-state index contributed by atoms with van der Waals surface area (Å²) in [4.78, 5) is 0. The highest BCUT2D eigenvalue weighted by Gasteiger charge is 2.26. The summed E-state index contributed by atoms with van der Waals surface area (Å²) in [6, 6.07) is 16.1. The van der Waals surface area contributed by atoms with Gasteiger partial charge in [-0.2, -0.15) is 0 Å². The number of hydrogen-bond acceptors (Lipinski definition) is 12. The molecule has 0 aliphatic heterocycles. The van der Waals surface area contributed by atoms with Gasteiger partial charge in [0.1, 0.15) is 0 Å². The van der Waals surface area contributed by atoms with Crippen LogP contribution in [0.25, 0.3) is 64.6 Å². The van der Waals surface area contributed by atoms with E-state index in [2.05, 4.69) is 55.4 Å². The van der Waals surface area contributed by atoms with Crippen LogP contribution in [0.4, 0.5) is 0 Å². The molecule has 464 valence electrons. The van der Waals surface area contributed by atoms with E-state index in [-0.39, 0.29) is 93.8 Å². The summed E-state index contributed by atoms with van der Waals surface area (Å²) in [7, 11) is 0. The molecule has 0 aliphatic rings. The number of benzene rings is 8. The van der Waals surface area contributed by atoms with Gasteiger partial charge in [-0.1, -0.05) is 107 Å². The average molecular weight is 1200 g/mol. The normalized spacial score (nSPS) is 11.4. The first kappa shape index (κ1) is 71.7. The van der Waals surface area contributed by atoms with Gasteiger partial charge in [0.05, 0.1) is 52.4 Å². The zero-order valence-electron chi connectivity index (χ0n) is 50.9. The number of rotatable bonds is 24. The maximum absolute atomic E-state index is 9.82. The van der Waals surface area contributed by atoms with E-state index < -0.39 is 0 Å². The van der Waals surface area contributed by atoms with Crippen molar-refractivity contribution in [3.63, 3.8) is 0 Å². The van der Waals surface area contributed by atoms with Crippen LogP contribution in [-0.2, 0) is 0 Å². The molecule has 16 heteroatoms. The van der Waals surface area contributed by atoms with Crippen LogP contribution < -0.4 is 24.8 Å². The first-order valence-electron chi connectivity index (χ1n) is 30.3. The largest absolute Gasteiger partial charge is 1.00 e. The fraction of sp³-hybridized carbons (Fsp3) is 0.471. The molecule has 8 aromatic rings. The summed E-state index contributed by atoms with van der Waals surface area (Å²) >= 11 is 0. The van der Waals surface area contributed by atoms with Crippen molar-refractivity contribution in [1.82, 2.24) is 0 Å². The molecule has 14 nitrogen and oxygen atoms in total. The van der Waals surface area contributed by atoms with Gasteiger partial charge in [0.2, 0.25) is 0 Å². The van der Waals surface area contributed by atoms with Gasteiger partial charge >= 0.3 is 0 Å². The Morgan fingerprint density at radius 2 is 0.274 bits per heavy atom. The van der Waals surface area contributed by atoms with Gasteiger partial charge < -0.3 is 95.1 Å². The molecule has 0 radical (unpaired) electrons. The highest BCUT2D eigenvalue weighted by atomic mass is 35.5. The van der Waals surface area contributed by atoms with Crippen LogP contribution >= 0.6 is 0 Å². The van der Waals surface area contributed by atoms with E-state index in [9.17, 15) is 61.3 Å². The van der Waals surface area contributed by atoms with Crippen LogP contribution in [0.15, 0.2) is 72.8 Å². The van der Waals surface area contributed by atoms with Crippen LogP contribution in [0, 0.1) is 0 Å². The van der Waals surface area contributed by atoms with Crippen LogP contribution in [0.1, 0.15) is 158 Å². The maximum Gasteiger partial charge on any atom is 0.158 e. The Morgan fingerprint density at radius 3 is 0.345 bits per heavy atom. The molecular weight excluding hydrogens is 1110 g/mol. The van der Waals surface area contributed by atoms with Gasteiger partial charge in [-0.3, -0.25) is 0 Å². The number of phenols is 12. The molecule has 0 bridgehead atoms. The lowest BCUT2D eigenvalue weighted by Crippen LogP contribution is -3.00. The molecule has 0 spiro atoms. The van der Waals surface area contributed by atoms with Crippen molar-refractivity contribution in [1.29, 1.82) is 0 Å². The summed E-state index contributed by atoms with van der Waals surface area (Å²) in [5.41, 5.74) is 0. The number of quaternary nitrogens is 2. The Labute approximate surface area is 509 Å². The monoisotopic (exact) mass is 1200 g/mol. The molecule has 0 aliphatic carbocycles. The molecule has 0 unspecified atom stereocenters. The van der Waals surface area contributed by atoms with Crippen molar-refractivity contribution in [2.75, 3.05) is 52.4 Å². The fourth-order valence-electron chi connectivity index (χ4n) is 11.4. The molecule has 0 aromatic heterocycles. The van der Waals surface area contributed by atoms with Crippen LogP contribution in [0.3, 0.4) is 0 Å². The Balaban J connectivity index is 0.000000296. The highest BCUT2D eigenvalue weighted by molar-refractivity contribution is 6.28. The van der Waals surface area contributed by atoms with Crippen LogP contribution in [0.2, 0.25) is 0 Å². The standard InChI is InChI=1S/2C18H12O6.2C16H36N.2ClH/c2*19-13-1-7-8(2-14(13)20)10-4-17(23)18(24)6-12(10)11-5-16(22)15(21)3-9(7)11;2*1-5-9-13-17(14-10-6-2,15-11-7-3)16-12-8-4;;/h2*1-6,19-24H;2*5-16H2,1-4H3;2*1H/q;;2*+1;;/p-2. The van der Waals surface area contributed by atoms with E-state index in [4.69, 9.17) is 0 Å². The summed E-state index contributed by atoms with van der Waals surface area (Å²) in [6.45, 7) is 30.0. The molecule has 84 heavy (non-hydrogen) atoms. The third kappa shape index (κ3) is 17.7. The lowest BCUT2D eigenvalue weighted by Gasteiger charge is -2.39. The summed E-state index contributed by atoms with van der Waals surface area (Å²) in [5.74, 6) is -4.01. The van der Waals surface area contributed by atoms with Crippen molar-refractivity contribution in [3.05, 3.63) is 72.8 Å². The third-order valence-electron chi connectivity index (χ3n) is 16.3. The van der Waals surface area contributed by atoms with Gasteiger partial charge in [0, 0.05) is 0 Å². The first-order chi connectivity index (χ1) is 39.2. The van der Waals surface area contributed by atoms with Crippen LogP contribution in [0.5, 0.6) is 69.0 Å². The van der Waals surface area contributed by atoms with Crippen molar-refractivity contribution in [2.24, 2.45) is 0 Å². The Morgan fingerprint density at radius 1 is 0.190 bits per heavy atom. The van der Waals surface area contributed by atoms with E-state index in [1.54, 1.807) is 0 Å². The SMILES string of the molecule is CCCC[N+](CCCC)(CCCC)CCCC.CCCC[N+](CCCC)(CCCC)CCCC.Oc1cc2c3cc(O)c(O)cc3c3cc(O)c(O)cc3c2cc1O.Oc1cc2c3cc(O)c(O)cc3c3cc(O)c(O)cc3c2cc1O.[Cl-].[Cl-]. The molecular formula is C68H96Cl2N2O12. The Kier molecular flexibility index (Phi) is 28.8. The molecule has 0 saturated heterocycles. The molecule has 12 N–H and O–H groups in total. The molecule has 0 fully saturated rings. The van der Waals surface area contributed by atoms with Crippen LogP contribution in [-0.4, -0.2) is 123 Å². The zero-order chi connectivity index (χ0) is 60.3. The second-order valence-electron chi connectivity index (χ2n) is 22.6. The Hall–Kier alpha value is -6.58. The summed E-state index contributed by atoms with van der Waals surface area (Å²) in [5, 5.41) is 124. The quantitative estimate of drug-likeness (QED) is 0.0154. The summed E-state index contributed by atoms with van der Waals surface area (Å²) < 4.78 is 2.84. The van der Waals surface area contributed by atoms with Crippen molar-refractivity contribution >= 4 is 64.6 Å². The number of aromatic hydroxyl groups is 12. The van der Waals surface area contributed by atoms with Gasteiger partial charge in [-0.25, -0.2) is 0 Å². The van der Waals surface area contributed by atoms with E-state index in [1.165, 1.54) is 237 Å². The van der Waals surface area contributed by atoms with E-state index >= 15 is 0 Å². The Bertz CT molecular complexity index is 2560. The van der Waals surface area contributed by atoms with Gasteiger partial charge in [-0.05, 0) is 189 Å². The second kappa shape index (κ2) is 33.8. The predicted molar refractivity (Wildman–Crippen MR) is 337 cm³/mol. The molecule has 8 aromatic carbocycles. The van der Waals surface area contributed by atoms with E-state index in [1.807, 2.05) is 0 Å². The minimum atomic E-state index is -0.335. The van der Waals surface area contributed by atoms with Gasteiger partial charge in [0.15, 0.2) is 69.0 Å². The average Bonchev–Trinajstić information content (AvgIpc) is 3.27. The predicted octanol–water partition coefficient (Wildman–Crippen LogP) is 10.8. The maximum atomic E-state index is 9.82. The van der Waals surface area contributed by atoms with Crippen molar-refractivity contribution < 1.29 is 95.1 Å². The number of unbranched alkanes of at least 4 members (excludes halogenated alkanes) is 8. The third-order valence-corrected chi connectivity index (χ3v) is 16.3. The molecule has 0 heterocycles. The topological polar surface area (TPSA) is 243 Å². The van der Waals surface area contributed by atoms with Crippen molar-refractivity contribution in [3.8, 4) is 69.0 Å². The first-order valence-corrected chi connectivity index (χ1v) is 30.3. The molecule has 0 amide bonds. The molecule has 0 saturated carbocycles. The van der Waals surface area contributed by atoms with Gasteiger partial charge in [-0.15, -0.1) is 0 Å². The van der Waals surface area contributed by atoms with E-state index in [0.717, 1.165) is 0 Å². The molecule has 8 rings (SSSR count).